The maximum Gasteiger partial charge on any atom is 0.408 e. The predicted molar refractivity (Wildman–Crippen MR) is 54.2 cm³/mol. The molecule has 1 aliphatic carbocycles. The van der Waals surface area contributed by atoms with E-state index in [2.05, 4.69) is 11.9 Å². The minimum absolute atomic E-state index is 0.0923. The molecule has 1 spiro atoms. The van der Waals surface area contributed by atoms with Crippen molar-refractivity contribution in [2.45, 2.75) is 18.1 Å². The Morgan fingerprint density at radius 3 is 2.73 bits per heavy atom. The third kappa shape index (κ3) is 1.83. The van der Waals surface area contributed by atoms with E-state index in [0.717, 1.165) is 0 Å². The van der Waals surface area contributed by atoms with E-state index in [0.29, 0.717) is 6.42 Å². The Labute approximate surface area is 87.3 Å². The second-order valence-electron chi connectivity index (χ2n) is 3.60. The summed E-state index contributed by atoms with van der Waals surface area (Å²) in [5.74, 6) is -0.0923. The quantitative estimate of drug-likeness (QED) is 0.652. The molecule has 2 rings (SSSR count). The lowest BCUT2D eigenvalue weighted by molar-refractivity contribution is -0.110. The Bertz CT molecular complexity index is 365. The highest BCUT2D eigenvalue weighted by molar-refractivity contribution is 6.00. The number of hydrogen-bond donors (Lipinski definition) is 1. The minimum atomic E-state index is -0.783. The van der Waals surface area contributed by atoms with Crippen molar-refractivity contribution in [3.63, 3.8) is 0 Å². The van der Waals surface area contributed by atoms with Crippen LogP contribution < -0.4 is 5.32 Å². The van der Waals surface area contributed by atoms with Crippen molar-refractivity contribution in [1.82, 2.24) is 5.32 Å². The van der Waals surface area contributed by atoms with Gasteiger partial charge in [-0.25, -0.2) is 4.79 Å². The molecule has 2 aliphatic rings. The monoisotopic (exact) mass is 205 g/mol. The van der Waals surface area contributed by atoms with Crippen LogP contribution in [0.1, 0.15) is 6.42 Å². The lowest BCUT2D eigenvalue weighted by Gasteiger charge is -2.36. The number of nitrogens with one attached hydrogen (secondary N) is 1. The summed E-state index contributed by atoms with van der Waals surface area (Å²) >= 11 is 0. The molecule has 0 saturated carbocycles. The number of carbonyl (C=O) groups is 2. The third-order valence-electron chi connectivity index (χ3n) is 2.47. The third-order valence-corrected chi connectivity index (χ3v) is 2.47. The Morgan fingerprint density at radius 1 is 1.47 bits per heavy atom. The van der Waals surface area contributed by atoms with E-state index in [9.17, 15) is 9.59 Å². The SMILES string of the molecule is C=C[C@@H]1CC2(C=CC(=O)C=C2)OC(=O)N1. The van der Waals surface area contributed by atoms with E-state index >= 15 is 0 Å². The van der Waals surface area contributed by atoms with Gasteiger partial charge >= 0.3 is 6.09 Å². The number of alkyl carbamates (subject to hydrolysis) is 1. The van der Waals surface area contributed by atoms with Gasteiger partial charge in [-0.3, -0.25) is 4.79 Å². The van der Waals surface area contributed by atoms with Gasteiger partial charge in [0.25, 0.3) is 0 Å². The zero-order valence-electron chi connectivity index (χ0n) is 8.10. The van der Waals surface area contributed by atoms with Gasteiger partial charge in [0.1, 0.15) is 0 Å². The van der Waals surface area contributed by atoms with Crippen molar-refractivity contribution in [2.24, 2.45) is 0 Å². The molecule has 0 radical (unpaired) electrons. The maximum atomic E-state index is 11.3. The Kier molecular flexibility index (Phi) is 2.19. The average molecular weight is 205 g/mol. The molecular formula is C11H11NO3. The van der Waals surface area contributed by atoms with Crippen LogP contribution in [0.4, 0.5) is 4.79 Å². The summed E-state index contributed by atoms with van der Waals surface area (Å²) in [6, 6.07) is -0.131. The molecule has 0 bridgehead atoms. The van der Waals surface area contributed by atoms with Crippen LogP contribution in [0.25, 0.3) is 0 Å². The maximum absolute atomic E-state index is 11.3. The van der Waals surface area contributed by atoms with Crippen molar-refractivity contribution >= 4 is 11.9 Å². The van der Waals surface area contributed by atoms with Gasteiger partial charge in [0.15, 0.2) is 11.4 Å². The minimum Gasteiger partial charge on any atom is -0.434 e. The number of ether oxygens (including phenoxy) is 1. The highest BCUT2D eigenvalue weighted by atomic mass is 16.6. The second kappa shape index (κ2) is 3.38. The highest BCUT2D eigenvalue weighted by Gasteiger charge is 2.38. The Hall–Kier alpha value is -1.84. The molecule has 4 heteroatoms. The molecule has 1 aliphatic heterocycles. The van der Waals surface area contributed by atoms with Crippen LogP contribution in [0.2, 0.25) is 0 Å². The summed E-state index contributed by atoms with van der Waals surface area (Å²) < 4.78 is 5.17. The molecule has 1 fully saturated rings. The summed E-state index contributed by atoms with van der Waals surface area (Å²) in [6.45, 7) is 3.63. The van der Waals surface area contributed by atoms with Gasteiger partial charge in [-0.2, -0.15) is 0 Å². The van der Waals surface area contributed by atoms with Crippen LogP contribution in [0.5, 0.6) is 0 Å². The van der Waals surface area contributed by atoms with Crippen LogP contribution >= 0.6 is 0 Å². The zero-order chi connectivity index (χ0) is 10.9. The van der Waals surface area contributed by atoms with E-state index < -0.39 is 11.7 Å². The van der Waals surface area contributed by atoms with Crippen LogP contribution in [0, 0.1) is 0 Å². The van der Waals surface area contributed by atoms with Crippen LogP contribution in [0.15, 0.2) is 37.0 Å². The topological polar surface area (TPSA) is 55.4 Å². The van der Waals surface area contributed by atoms with Crippen LogP contribution in [0.3, 0.4) is 0 Å². The number of amides is 1. The lowest BCUT2D eigenvalue weighted by atomic mass is 9.89. The fourth-order valence-electron chi connectivity index (χ4n) is 1.69. The lowest BCUT2D eigenvalue weighted by Crippen LogP contribution is -2.50. The fourth-order valence-corrected chi connectivity index (χ4v) is 1.69. The van der Waals surface area contributed by atoms with E-state index in [4.69, 9.17) is 4.74 Å². The van der Waals surface area contributed by atoms with Crippen LogP contribution in [-0.4, -0.2) is 23.5 Å². The Balaban J connectivity index is 2.25. The van der Waals surface area contributed by atoms with Crippen molar-refractivity contribution in [2.75, 3.05) is 0 Å². The van der Waals surface area contributed by atoms with Crippen molar-refractivity contribution in [3.8, 4) is 0 Å². The summed E-state index contributed by atoms with van der Waals surface area (Å²) in [5.41, 5.74) is -0.783. The molecule has 78 valence electrons. The molecule has 0 aromatic rings. The summed E-state index contributed by atoms with van der Waals surface area (Å²) in [6.07, 6.45) is 7.78. The molecule has 1 saturated heterocycles. The first-order valence-corrected chi connectivity index (χ1v) is 4.68. The first-order valence-electron chi connectivity index (χ1n) is 4.68. The van der Waals surface area contributed by atoms with E-state index in [1.165, 1.54) is 12.2 Å². The van der Waals surface area contributed by atoms with Crippen molar-refractivity contribution in [1.29, 1.82) is 0 Å². The molecule has 0 aromatic heterocycles. The average Bonchev–Trinajstić information content (AvgIpc) is 2.22. The second-order valence-corrected chi connectivity index (χ2v) is 3.60. The first kappa shape index (κ1) is 9.71. The summed E-state index contributed by atoms with van der Waals surface area (Å²) in [4.78, 5) is 22.2. The summed E-state index contributed by atoms with van der Waals surface area (Å²) in [7, 11) is 0. The standard InChI is InChI=1S/C11H11NO3/c1-2-8-7-11(15-10(14)12-8)5-3-9(13)4-6-11/h2-6,8H,1,7H2,(H,12,14)/t8-/m1/s1. The van der Waals surface area contributed by atoms with Crippen LogP contribution in [-0.2, 0) is 9.53 Å². The fraction of sp³-hybridized carbons (Fsp3) is 0.273. The van der Waals surface area contributed by atoms with Gasteiger partial charge < -0.3 is 10.1 Å². The highest BCUT2D eigenvalue weighted by Crippen LogP contribution is 2.28. The van der Waals surface area contributed by atoms with E-state index in [1.807, 2.05) is 0 Å². The molecule has 1 N–H and O–H groups in total. The molecule has 0 unspecified atom stereocenters. The normalized spacial score (nSPS) is 27.3. The Morgan fingerprint density at radius 2 is 2.13 bits per heavy atom. The van der Waals surface area contributed by atoms with Gasteiger partial charge in [-0.05, 0) is 24.3 Å². The van der Waals surface area contributed by atoms with E-state index in [1.54, 1.807) is 18.2 Å². The predicted octanol–water partition coefficient (Wildman–Crippen LogP) is 1.10. The largest absolute Gasteiger partial charge is 0.434 e. The number of rotatable bonds is 1. The van der Waals surface area contributed by atoms with Gasteiger partial charge in [0, 0.05) is 6.42 Å². The van der Waals surface area contributed by atoms with E-state index in [-0.39, 0.29) is 11.8 Å². The summed E-state index contributed by atoms with van der Waals surface area (Å²) in [5, 5.41) is 2.62. The van der Waals surface area contributed by atoms with Crippen molar-refractivity contribution in [3.05, 3.63) is 37.0 Å². The van der Waals surface area contributed by atoms with Gasteiger partial charge in [0.2, 0.25) is 0 Å². The van der Waals surface area contributed by atoms with Gasteiger partial charge in [-0.15, -0.1) is 6.58 Å². The molecular weight excluding hydrogens is 194 g/mol. The molecule has 1 atom stereocenters. The zero-order valence-corrected chi connectivity index (χ0v) is 8.10. The number of hydrogen-bond acceptors (Lipinski definition) is 3. The van der Waals surface area contributed by atoms with Gasteiger partial charge in [-0.1, -0.05) is 6.08 Å². The molecule has 15 heavy (non-hydrogen) atoms. The number of allylic oxidation sites excluding steroid dienone is 2. The first-order chi connectivity index (χ1) is 7.13. The molecule has 1 amide bonds. The number of carbonyl (C=O) groups excluding carboxylic acids is 2. The van der Waals surface area contributed by atoms with Gasteiger partial charge in [0.05, 0.1) is 6.04 Å². The van der Waals surface area contributed by atoms with Crippen molar-refractivity contribution < 1.29 is 14.3 Å². The smallest absolute Gasteiger partial charge is 0.408 e. The molecule has 4 nitrogen and oxygen atoms in total. The number of ketones is 1. The molecule has 0 aromatic carbocycles. The molecule has 1 heterocycles.